The Kier molecular flexibility index (Phi) is 2.25. The Labute approximate surface area is 88.1 Å². The molecular weight excluding hydrogens is 248 g/mol. The summed E-state index contributed by atoms with van der Waals surface area (Å²) in [5.41, 5.74) is 1.61. The highest BCUT2D eigenvalue weighted by Crippen LogP contribution is 2.21. The number of nitrogens with zero attached hydrogens (tertiary/aromatic N) is 1. The third-order valence-corrected chi connectivity index (χ3v) is 2.47. The van der Waals surface area contributed by atoms with Gasteiger partial charge in [0.1, 0.15) is 17.8 Å². The minimum atomic E-state index is -0.889. The molecule has 1 heterocycles. The summed E-state index contributed by atoms with van der Waals surface area (Å²) in [4.78, 5) is 17.6. The average molecular weight is 255 g/mol. The molecule has 2 N–H and O–H groups in total. The molecule has 0 radical (unpaired) electrons. The maximum Gasteiger partial charge on any atom is 0.311 e. The first-order valence-electron chi connectivity index (χ1n) is 4.02. The van der Waals surface area contributed by atoms with E-state index in [0.717, 1.165) is 15.5 Å². The SMILES string of the molecule is O=C(O)Cc1nc2c(Br)cccc2[nH]1. The number of H-pyrrole nitrogens is 1. The molecule has 0 unspecified atom stereocenters. The van der Waals surface area contributed by atoms with E-state index in [9.17, 15) is 4.79 Å². The van der Waals surface area contributed by atoms with Crippen molar-refractivity contribution in [2.75, 3.05) is 0 Å². The van der Waals surface area contributed by atoms with E-state index in [1.165, 1.54) is 0 Å². The standard InChI is InChI=1S/C9H7BrN2O2/c10-5-2-1-3-6-9(5)12-7(11-6)4-8(13)14/h1-3H,4H2,(H,11,12)(H,13,14). The van der Waals surface area contributed by atoms with E-state index < -0.39 is 5.97 Å². The molecule has 2 aromatic rings. The Morgan fingerprint density at radius 3 is 3.00 bits per heavy atom. The van der Waals surface area contributed by atoms with Gasteiger partial charge in [0, 0.05) is 4.47 Å². The molecule has 0 spiro atoms. The largest absolute Gasteiger partial charge is 0.481 e. The van der Waals surface area contributed by atoms with Crippen LogP contribution in [-0.2, 0) is 11.2 Å². The number of hydrogen-bond acceptors (Lipinski definition) is 2. The van der Waals surface area contributed by atoms with Crippen LogP contribution < -0.4 is 0 Å². The summed E-state index contributed by atoms with van der Waals surface area (Å²) in [6.45, 7) is 0. The van der Waals surface area contributed by atoms with E-state index in [4.69, 9.17) is 5.11 Å². The van der Waals surface area contributed by atoms with Crippen molar-refractivity contribution in [3.8, 4) is 0 Å². The van der Waals surface area contributed by atoms with Crippen LogP contribution in [0.1, 0.15) is 5.82 Å². The van der Waals surface area contributed by atoms with E-state index >= 15 is 0 Å². The minimum Gasteiger partial charge on any atom is -0.481 e. The smallest absolute Gasteiger partial charge is 0.311 e. The number of aliphatic carboxylic acids is 1. The number of imidazole rings is 1. The number of carbonyl (C=O) groups is 1. The first-order valence-corrected chi connectivity index (χ1v) is 4.81. The Hall–Kier alpha value is -1.36. The first kappa shape index (κ1) is 9.21. The van der Waals surface area contributed by atoms with E-state index in [0.29, 0.717) is 5.82 Å². The average Bonchev–Trinajstić information content (AvgIpc) is 2.47. The molecule has 0 bridgehead atoms. The maximum absolute atomic E-state index is 10.5. The quantitative estimate of drug-likeness (QED) is 0.861. The fourth-order valence-corrected chi connectivity index (χ4v) is 1.73. The van der Waals surface area contributed by atoms with Crippen LogP contribution in [0.5, 0.6) is 0 Å². The lowest BCUT2D eigenvalue weighted by atomic mass is 10.3. The molecule has 0 fully saturated rings. The molecule has 72 valence electrons. The van der Waals surface area contributed by atoms with Crippen molar-refractivity contribution in [3.63, 3.8) is 0 Å². The van der Waals surface area contributed by atoms with Gasteiger partial charge in [0.2, 0.25) is 0 Å². The second-order valence-electron chi connectivity index (χ2n) is 2.89. The number of hydrogen-bond donors (Lipinski definition) is 2. The summed E-state index contributed by atoms with van der Waals surface area (Å²) in [5, 5.41) is 8.59. The van der Waals surface area contributed by atoms with Crippen LogP contribution in [0.4, 0.5) is 0 Å². The van der Waals surface area contributed by atoms with E-state index in [1.54, 1.807) is 0 Å². The van der Waals surface area contributed by atoms with Crippen molar-refractivity contribution >= 4 is 32.9 Å². The fourth-order valence-electron chi connectivity index (χ4n) is 1.28. The van der Waals surface area contributed by atoms with Crippen LogP contribution in [0, 0.1) is 0 Å². The van der Waals surface area contributed by atoms with Gasteiger partial charge in [-0.1, -0.05) is 6.07 Å². The second kappa shape index (κ2) is 3.42. The van der Waals surface area contributed by atoms with Crippen LogP contribution in [0.15, 0.2) is 22.7 Å². The predicted octanol–water partition coefficient (Wildman–Crippen LogP) is 1.95. The lowest BCUT2D eigenvalue weighted by molar-refractivity contribution is -0.136. The molecule has 2 rings (SSSR count). The van der Waals surface area contributed by atoms with Gasteiger partial charge in [-0.15, -0.1) is 0 Å². The normalized spacial score (nSPS) is 10.6. The van der Waals surface area contributed by atoms with Crippen LogP contribution in [0.3, 0.4) is 0 Å². The summed E-state index contributed by atoms with van der Waals surface area (Å²) in [6.07, 6.45) is -0.0822. The molecule has 0 amide bonds. The molecule has 4 nitrogen and oxygen atoms in total. The number of carboxylic acid groups (broad SMARTS) is 1. The number of benzene rings is 1. The van der Waals surface area contributed by atoms with Crippen LogP contribution >= 0.6 is 15.9 Å². The Bertz CT molecular complexity index is 493. The third-order valence-electron chi connectivity index (χ3n) is 1.83. The Morgan fingerprint density at radius 2 is 2.36 bits per heavy atom. The predicted molar refractivity (Wildman–Crippen MR) is 55.1 cm³/mol. The van der Waals surface area contributed by atoms with Crippen LogP contribution in [0.2, 0.25) is 0 Å². The molecule has 0 saturated carbocycles. The second-order valence-corrected chi connectivity index (χ2v) is 3.74. The van der Waals surface area contributed by atoms with Gasteiger partial charge in [-0.25, -0.2) is 4.98 Å². The van der Waals surface area contributed by atoms with Crippen LogP contribution in [-0.4, -0.2) is 21.0 Å². The van der Waals surface area contributed by atoms with Gasteiger partial charge in [0.05, 0.1) is 5.52 Å². The van der Waals surface area contributed by atoms with Gasteiger partial charge >= 0.3 is 5.97 Å². The number of para-hydroxylation sites is 1. The molecular formula is C9H7BrN2O2. The highest BCUT2D eigenvalue weighted by atomic mass is 79.9. The number of carboxylic acids is 1. The number of nitrogens with one attached hydrogen (secondary N) is 1. The van der Waals surface area contributed by atoms with Gasteiger partial charge in [-0.3, -0.25) is 4.79 Å². The van der Waals surface area contributed by atoms with Gasteiger partial charge in [-0.2, -0.15) is 0 Å². The van der Waals surface area contributed by atoms with Crippen molar-refractivity contribution < 1.29 is 9.90 Å². The van der Waals surface area contributed by atoms with Gasteiger partial charge < -0.3 is 10.1 Å². The summed E-state index contributed by atoms with van der Waals surface area (Å²) < 4.78 is 0.864. The zero-order chi connectivity index (χ0) is 10.1. The van der Waals surface area contributed by atoms with Gasteiger partial charge in [-0.05, 0) is 28.1 Å². The van der Waals surface area contributed by atoms with Gasteiger partial charge in [0.15, 0.2) is 0 Å². The van der Waals surface area contributed by atoms with Crippen molar-refractivity contribution in [1.82, 2.24) is 9.97 Å². The molecule has 1 aromatic heterocycles. The molecule has 0 atom stereocenters. The molecule has 0 aliphatic carbocycles. The van der Waals surface area contributed by atoms with E-state index in [-0.39, 0.29) is 6.42 Å². The third kappa shape index (κ3) is 1.63. The van der Waals surface area contributed by atoms with E-state index in [2.05, 4.69) is 25.9 Å². The Balaban J connectivity index is 2.51. The van der Waals surface area contributed by atoms with Crippen molar-refractivity contribution in [2.45, 2.75) is 6.42 Å². The number of fused-ring (bicyclic) bond motifs is 1. The minimum absolute atomic E-state index is 0.0822. The zero-order valence-corrected chi connectivity index (χ0v) is 8.71. The van der Waals surface area contributed by atoms with Crippen molar-refractivity contribution in [3.05, 3.63) is 28.5 Å². The number of halogens is 1. The lowest BCUT2D eigenvalue weighted by Crippen LogP contribution is -2.01. The van der Waals surface area contributed by atoms with Crippen LogP contribution in [0.25, 0.3) is 11.0 Å². The maximum atomic E-state index is 10.5. The fraction of sp³-hybridized carbons (Fsp3) is 0.111. The number of aromatic nitrogens is 2. The summed E-state index contributed by atoms with van der Waals surface area (Å²) in [7, 11) is 0. The van der Waals surface area contributed by atoms with Crippen molar-refractivity contribution in [1.29, 1.82) is 0 Å². The highest BCUT2D eigenvalue weighted by Gasteiger charge is 2.07. The molecule has 0 saturated heterocycles. The molecule has 14 heavy (non-hydrogen) atoms. The van der Waals surface area contributed by atoms with Crippen molar-refractivity contribution in [2.24, 2.45) is 0 Å². The number of rotatable bonds is 2. The molecule has 0 aliphatic heterocycles. The number of aromatic amines is 1. The Morgan fingerprint density at radius 1 is 1.57 bits per heavy atom. The first-order chi connectivity index (χ1) is 6.66. The summed E-state index contributed by atoms with van der Waals surface area (Å²) in [5.74, 6) is -0.417. The topological polar surface area (TPSA) is 66.0 Å². The highest BCUT2D eigenvalue weighted by molar-refractivity contribution is 9.10. The molecule has 1 aromatic carbocycles. The zero-order valence-electron chi connectivity index (χ0n) is 7.12. The van der Waals surface area contributed by atoms with E-state index in [1.807, 2.05) is 18.2 Å². The monoisotopic (exact) mass is 254 g/mol. The molecule has 5 heteroatoms. The summed E-state index contributed by atoms with van der Waals surface area (Å²) in [6, 6.07) is 5.60. The van der Waals surface area contributed by atoms with Gasteiger partial charge in [0.25, 0.3) is 0 Å². The molecule has 0 aliphatic rings. The summed E-state index contributed by atoms with van der Waals surface area (Å²) >= 11 is 3.35. The lowest BCUT2D eigenvalue weighted by Gasteiger charge is -1.88.